The Morgan fingerprint density at radius 3 is 2.54 bits per heavy atom. The first-order valence-electron chi connectivity index (χ1n) is 12.3. The molecule has 1 atom stereocenters. The van der Waals surface area contributed by atoms with Gasteiger partial charge in [0.05, 0.1) is 17.2 Å². The summed E-state index contributed by atoms with van der Waals surface area (Å²) in [6, 6.07) is 8.58. The molecule has 1 heterocycles. The first kappa shape index (κ1) is 29.7. The maximum absolute atomic E-state index is 13.3. The van der Waals surface area contributed by atoms with Crippen LogP contribution in [-0.2, 0) is 14.8 Å². The number of ether oxygens (including phenoxy) is 2. The summed E-state index contributed by atoms with van der Waals surface area (Å²) in [5.41, 5.74) is 2.39. The summed E-state index contributed by atoms with van der Waals surface area (Å²) in [4.78, 5) is 23.3. The molecule has 0 saturated heterocycles. The maximum atomic E-state index is 13.3. The van der Waals surface area contributed by atoms with Gasteiger partial charge < -0.3 is 14.8 Å². The van der Waals surface area contributed by atoms with Crippen molar-refractivity contribution < 1.29 is 27.6 Å². The van der Waals surface area contributed by atoms with Crippen LogP contribution >= 0.6 is 0 Å². The van der Waals surface area contributed by atoms with Crippen LogP contribution in [0.4, 0.5) is 5.69 Å². The van der Waals surface area contributed by atoms with Crippen LogP contribution in [0.25, 0.3) is 5.69 Å². The van der Waals surface area contributed by atoms with E-state index in [-0.39, 0.29) is 23.9 Å². The van der Waals surface area contributed by atoms with E-state index in [0.717, 1.165) is 23.3 Å². The average molecular weight is 560 g/mol. The van der Waals surface area contributed by atoms with Gasteiger partial charge in [-0.15, -0.1) is 0 Å². The summed E-state index contributed by atoms with van der Waals surface area (Å²) < 4.78 is 41.7. The minimum absolute atomic E-state index is 0.0751. The molecule has 13 heteroatoms. The molecule has 1 aromatic heterocycles. The number of non-ortho nitro benzene ring substituents is 1. The molecule has 0 unspecified atom stereocenters. The number of hydrogen-bond donors (Lipinski definition) is 2. The number of rotatable bonds is 12. The first-order chi connectivity index (χ1) is 18.4. The Morgan fingerprint density at radius 1 is 1.18 bits per heavy atom. The number of hydrogen-bond acceptors (Lipinski definition) is 8. The van der Waals surface area contributed by atoms with Crippen LogP contribution in [0, 0.1) is 30.9 Å². The molecular formula is C26H33N5O7S. The molecule has 0 fully saturated rings. The first-order valence-corrected chi connectivity index (χ1v) is 13.8. The standard InChI is InChI=1S/C26H33N5O7S/c1-7-18(4)29-39(35,36)23-15-20(31(33)34)10-11-22(23)38-26-19(5)24(25(32)27-12-13-37-6)28-30(26)21-14-16(2)8-9-17(21)3/h8-11,14-15,18,29H,7,12-13H2,1-6H3,(H,27,32)/t18-/m0/s1. The molecule has 0 saturated carbocycles. The zero-order valence-electron chi connectivity index (χ0n) is 22.8. The van der Waals surface area contributed by atoms with E-state index in [1.165, 1.54) is 17.9 Å². The van der Waals surface area contributed by atoms with Gasteiger partial charge in [-0.05, 0) is 57.4 Å². The zero-order chi connectivity index (χ0) is 28.9. The van der Waals surface area contributed by atoms with Gasteiger partial charge in [0, 0.05) is 37.4 Å². The fourth-order valence-corrected chi connectivity index (χ4v) is 5.17. The number of nitrogens with one attached hydrogen (secondary N) is 2. The van der Waals surface area contributed by atoms with Crippen LogP contribution in [0.5, 0.6) is 11.6 Å². The molecule has 1 amide bonds. The molecule has 0 aliphatic rings. The van der Waals surface area contributed by atoms with E-state index in [2.05, 4.69) is 15.1 Å². The average Bonchev–Trinajstić information content (AvgIpc) is 3.20. The predicted octanol–water partition coefficient (Wildman–Crippen LogP) is 3.95. The van der Waals surface area contributed by atoms with Gasteiger partial charge in [0.2, 0.25) is 15.9 Å². The Bertz CT molecular complexity index is 1480. The number of carbonyl (C=O) groups excluding carboxylic acids is 1. The predicted molar refractivity (Wildman–Crippen MR) is 145 cm³/mol. The number of methoxy groups -OCH3 is 1. The highest BCUT2D eigenvalue weighted by atomic mass is 32.2. The van der Waals surface area contributed by atoms with Crippen LogP contribution in [0.1, 0.15) is 47.4 Å². The quantitative estimate of drug-likeness (QED) is 0.192. The lowest BCUT2D eigenvalue weighted by molar-refractivity contribution is -0.385. The summed E-state index contributed by atoms with van der Waals surface area (Å²) in [7, 11) is -2.69. The molecule has 0 aliphatic heterocycles. The van der Waals surface area contributed by atoms with Gasteiger partial charge >= 0.3 is 0 Å². The molecule has 2 aromatic carbocycles. The molecule has 2 N–H and O–H groups in total. The number of nitro groups is 1. The van der Waals surface area contributed by atoms with E-state index in [1.54, 1.807) is 13.8 Å². The number of nitro benzene ring substituents is 1. The van der Waals surface area contributed by atoms with Crippen molar-refractivity contribution in [2.75, 3.05) is 20.3 Å². The van der Waals surface area contributed by atoms with Crippen molar-refractivity contribution in [3.63, 3.8) is 0 Å². The lowest BCUT2D eigenvalue weighted by Crippen LogP contribution is -2.32. The largest absolute Gasteiger partial charge is 0.437 e. The van der Waals surface area contributed by atoms with E-state index in [0.29, 0.717) is 24.3 Å². The van der Waals surface area contributed by atoms with Gasteiger partial charge in [-0.2, -0.15) is 9.78 Å². The van der Waals surface area contributed by atoms with Crippen LogP contribution < -0.4 is 14.8 Å². The number of nitrogens with zero attached hydrogens (tertiary/aromatic N) is 3. The second-order valence-electron chi connectivity index (χ2n) is 9.15. The van der Waals surface area contributed by atoms with Crippen LogP contribution in [-0.4, -0.2) is 55.3 Å². The molecule has 12 nitrogen and oxygen atoms in total. The third kappa shape index (κ3) is 6.80. The van der Waals surface area contributed by atoms with Gasteiger partial charge in [0.25, 0.3) is 11.6 Å². The van der Waals surface area contributed by atoms with Gasteiger partial charge in [-0.1, -0.05) is 19.1 Å². The summed E-state index contributed by atoms with van der Waals surface area (Å²) in [5, 5.41) is 18.7. The fourth-order valence-electron chi connectivity index (χ4n) is 3.70. The lowest BCUT2D eigenvalue weighted by atomic mass is 10.1. The topological polar surface area (TPSA) is 155 Å². The Morgan fingerprint density at radius 2 is 1.90 bits per heavy atom. The number of aromatic nitrogens is 2. The maximum Gasteiger partial charge on any atom is 0.272 e. The Kier molecular flexibility index (Phi) is 9.43. The number of carbonyl (C=O) groups is 1. The van der Waals surface area contributed by atoms with Crippen molar-refractivity contribution in [2.45, 2.75) is 52.0 Å². The highest BCUT2D eigenvalue weighted by molar-refractivity contribution is 7.89. The van der Waals surface area contributed by atoms with Gasteiger partial charge in [-0.25, -0.2) is 13.1 Å². The van der Waals surface area contributed by atoms with Crippen molar-refractivity contribution in [3.8, 4) is 17.3 Å². The second-order valence-corrected chi connectivity index (χ2v) is 10.8. The lowest BCUT2D eigenvalue weighted by Gasteiger charge is -2.17. The molecule has 0 spiro atoms. The monoisotopic (exact) mass is 559 g/mol. The Hall–Kier alpha value is -3.81. The van der Waals surface area contributed by atoms with E-state index in [9.17, 15) is 23.3 Å². The summed E-state index contributed by atoms with van der Waals surface area (Å²) in [5.74, 6) is -0.528. The Balaban J connectivity index is 2.21. The third-order valence-corrected chi connectivity index (χ3v) is 7.68. The van der Waals surface area contributed by atoms with Gasteiger partial charge in [-0.3, -0.25) is 14.9 Å². The molecule has 210 valence electrons. The van der Waals surface area contributed by atoms with Crippen LogP contribution in [0.3, 0.4) is 0 Å². The van der Waals surface area contributed by atoms with E-state index >= 15 is 0 Å². The molecule has 0 bridgehead atoms. The number of amides is 1. The van der Waals surface area contributed by atoms with Crippen LogP contribution in [0.15, 0.2) is 41.3 Å². The normalized spacial score (nSPS) is 12.3. The molecule has 0 radical (unpaired) electrons. The highest BCUT2D eigenvalue weighted by Crippen LogP contribution is 2.36. The minimum Gasteiger partial charge on any atom is -0.437 e. The third-order valence-electron chi connectivity index (χ3n) is 6.07. The van der Waals surface area contributed by atoms with E-state index in [1.807, 2.05) is 39.0 Å². The zero-order valence-corrected chi connectivity index (χ0v) is 23.6. The summed E-state index contributed by atoms with van der Waals surface area (Å²) >= 11 is 0. The molecular weight excluding hydrogens is 526 g/mol. The SMILES string of the molecule is CC[C@H](C)NS(=O)(=O)c1cc([N+](=O)[O-])ccc1Oc1c(C)c(C(=O)NCCOC)nn1-c1cc(C)ccc1C. The van der Waals surface area contributed by atoms with Crippen molar-refractivity contribution in [1.82, 2.24) is 19.8 Å². The minimum atomic E-state index is -4.21. The molecule has 39 heavy (non-hydrogen) atoms. The fraction of sp³-hybridized carbons (Fsp3) is 0.385. The molecule has 3 rings (SSSR count). The van der Waals surface area contributed by atoms with Gasteiger partial charge in [0.15, 0.2) is 5.69 Å². The van der Waals surface area contributed by atoms with E-state index in [4.69, 9.17) is 9.47 Å². The Labute approximate surface area is 227 Å². The highest BCUT2D eigenvalue weighted by Gasteiger charge is 2.28. The number of aryl methyl sites for hydroxylation is 2. The van der Waals surface area contributed by atoms with E-state index < -0.39 is 37.5 Å². The van der Waals surface area contributed by atoms with Crippen molar-refractivity contribution in [1.29, 1.82) is 0 Å². The van der Waals surface area contributed by atoms with Crippen molar-refractivity contribution >= 4 is 21.6 Å². The molecule has 0 aliphatic carbocycles. The number of sulfonamides is 1. The summed E-state index contributed by atoms with van der Waals surface area (Å²) in [6.07, 6.45) is 0.504. The van der Waals surface area contributed by atoms with Gasteiger partial charge in [0.1, 0.15) is 10.6 Å². The van der Waals surface area contributed by atoms with Crippen LogP contribution in [0.2, 0.25) is 0 Å². The van der Waals surface area contributed by atoms with Crippen molar-refractivity contribution in [3.05, 3.63) is 68.9 Å². The smallest absolute Gasteiger partial charge is 0.272 e. The van der Waals surface area contributed by atoms with Crippen molar-refractivity contribution in [2.24, 2.45) is 0 Å². The number of benzene rings is 2. The second kappa shape index (κ2) is 12.4. The molecule has 3 aromatic rings. The summed E-state index contributed by atoms with van der Waals surface area (Å²) in [6.45, 7) is 9.46.